The van der Waals surface area contributed by atoms with E-state index in [-0.39, 0.29) is 0 Å². The second kappa shape index (κ2) is 1.80. The fourth-order valence-electron chi connectivity index (χ4n) is 0.404. The zero-order valence-corrected chi connectivity index (χ0v) is 3.83. The van der Waals surface area contributed by atoms with Crippen LogP contribution in [0, 0.1) is 6.08 Å². The SMILES string of the molecule is ON1C=C[C]=CC1. The number of hydrogen-bond donors (Lipinski definition) is 1. The van der Waals surface area contributed by atoms with Crippen molar-refractivity contribution >= 4 is 0 Å². The maximum absolute atomic E-state index is 8.58. The van der Waals surface area contributed by atoms with E-state index in [0.29, 0.717) is 6.54 Å². The van der Waals surface area contributed by atoms with E-state index in [1.54, 1.807) is 18.4 Å². The van der Waals surface area contributed by atoms with Crippen LogP contribution in [0.1, 0.15) is 0 Å². The lowest BCUT2D eigenvalue weighted by atomic mass is 10.4. The van der Waals surface area contributed by atoms with E-state index in [2.05, 4.69) is 6.08 Å². The van der Waals surface area contributed by atoms with Gasteiger partial charge in [-0.15, -0.1) is 0 Å². The lowest BCUT2D eigenvalue weighted by molar-refractivity contribution is -0.0304. The number of rotatable bonds is 0. The molecule has 0 unspecified atom stereocenters. The number of hydrogen-bond acceptors (Lipinski definition) is 2. The first-order valence-corrected chi connectivity index (χ1v) is 2.09. The summed E-state index contributed by atoms with van der Waals surface area (Å²) in [6.45, 7) is 0.552. The zero-order valence-electron chi connectivity index (χ0n) is 3.83. The molecule has 0 saturated heterocycles. The average Bonchev–Trinajstić information content (AvgIpc) is 1.69. The van der Waals surface area contributed by atoms with E-state index in [1.165, 1.54) is 0 Å². The van der Waals surface area contributed by atoms with Gasteiger partial charge in [0.2, 0.25) is 0 Å². The van der Waals surface area contributed by atoms with Crippen LogP contribution in [-0.4, -0.2) is 16.8 Å². The molecule has 1 aliphatic rings. The molecule has 0 fully saturated rings. The summed E-state index contributed by atoms with van der Waals surface area (Å²) in [5, 5.41) is 9.68. The van der Waals surface area contributed by atoms with Crippen LogP contribution < -0.4 is 0 Å². The lowest BCUT2D eigenvalue weighted by Gasteiger charge is -2.08. The normalized spacial score (nSPS) is 18.1. The maximum atomic E-state index is 8.58. The molecule has 1 aliphatic heterocycles. The van der Waals surface area contributed by atoms with Gasteiger partial charge in [-0.25, -0.2) is 0 Å². The number of hydroxylamine groups is 2. The van der Waals surface area contributed by atoms with Crippen LogP contribution in [0.5, 0.6) is 0 Å². The minimum absolute atomic E-state index is 0.552. The van der Waals surface area contributed by atoms with Gasteiger partial charge in [-0.1, -0.05) is 6.08 Å². The Bertz CT molecular complexity index is 107. The van der Waals surface area contributed by atoms with Gasteiger partial charge in [-0.05, 0) is 12.2 Å². The monoisotopic (exact) mass is 96.0 g/mol. The average molecular weight is 96.1 g/mol. The highest BCUT2D eigenvalue weighted by Crippen LogP contribution is 1.90. The third kappa shape index (κ3) is 1.05. The fraction of sp³-hybridized carbons (Fsp3) is 0.200. The van der Waals surface area contributed by atoms with Gasteiger partial charge in [-0.2, -0.15) is 0 Å². The topological polar surface area (TPSA) is 23.5 Å². The van der Waals surface area contributed by atoms with Gasteiger partial charge in [0.25, 0.3) is 0 Å². The van der Waals surface area contributed by atoms with Crippen molar-refractivity contribution < 1.29 is 5.21 Å². The highest BCUT2D eigenvalue weighted by Gasteiger charge is 1.88. The van der Waals surface area contributed by atoms with Crippen LogP contribution in [0.15, 0.2) is 18.4 Å². The Morgan fingerprint density at radius 1 is 1.71 bits per heavy atom. The van der Waals surface area contributed by atoms with Crippen molar-refractivity contribution in [3.05, 3.63) is 24.4 Å². The number of nitrogens with zero attached hydrogens (tertiary/aromatic N) is 1. The molecule has 37 valence electrons. The van der Waals surface area contributed by atoms with Gasteiger partial charge in [0.15, 0.2) is 0 Å². The predicted molar refractivity (Wildman–Crippen MR) is 25.4 cm³/mol. The molecule has 7 heavy (non-hydrogen) atoms. The molecule has 2 nitrogen and oxygen atoms in total. The van der Waals surface area contributed by atoms with Crippen LogP contribution >= 0.6 is 0 Å². The predicted octanol–water partition coefficient (Wildman–Crippen LogP) is 0.564. The molecule has 0 saturated carbocycles. The van der Waals surface area contributed by atoms with Gasteiger partial charge in [0.1, 0.15) is 0 Å². The van der Waals surface area contributed by atoms with Crippen molar-refractivity contribution in [1.29, 1.82) is 0 Å². The lowest BCUT2D eigenvalue weighted by Crippen LogP contribution is -2.12. The second-order valence-corrected chi connectivity index (χ2v) is 1.31. The Balaban J connectivity index is 2.49. The van der Waals surface area contributed by atoms with Gasteiger partial charge in [0.05, 0.1) is 6.54 Å². The molecule has 0 aromatic rings. The Morgan fingerprint density at radius 2 is 2.57 bits per heavy atom. The van der Waals surface area contributed by atoms with Crippen LogP contribution in [-0.2, 0) is 0 Å². The third-order valence-electron chi connectivity index (χ3n) is 0.739. The van der Waals surface area contributed by atoms with Crippen LogP contribution in [0.25, 0.3) is 0 Å². The van der Waals surface area contributed by atoms with Crippen LogP contribution in [0.2, 0.25) is 0 Å². The van der Waals surface area contributed by atoms with E-state index in [4.69, 9.17) is 5.21 Å². The standard InChI is InChI=1S/C5H6NO/c7-6-4-2-1-3-5-6/h2-4,7H,5H2. The highest BCUT2D eigenvalue weighted by molar-refractivity contribution is 4.99. The van der Waals surface area contributed by atoms with Crippen LogP contribution in [0.4, 0.5) is 0 Å². The summed E-state index contributed by atoms with van der Waals surface area (Å²) in [7, 11) is 0. The second-order valence-electron chi connectivity index (χ2n) is 1.31. The van der Waals surface area contributed by atoms with Gasteiger partial charge in [-0.3, -0.25) is 10.3 Å². The first-order chi connectivity index (χ1) is 3.39. The van der Waals surface area contributed by atoms with Crippen molar-refractivity contribution in [3.63, 3.8) is 0 Å². The third-order valence-corrected chi connectivity index (χ3v) is 0.739. The Kier molecular flexibility index (Phi) is 1.13. The summed E-state index contributed by atoms with van der Waals surface area (Å²) in [4.78, 5) is 0. The van der Waals surface area contributed by atoms with Crippen molar-refractivity contribution in [2.45, 2.75) is 0 Å². The minimum Gasteiger partial charge on any atom is -0.289 e. The van der Waals surface area contributed by atoms with E-state index in [1.807, 2.05) is 0 Å². The molecule has 0 bridgehead atoms. The molecule has 1 N–H and O–H groups in total. The maximum Gasteiger partial charge on any atom is 0.0636 e. The molecule has 0 atom stereocenters. The minimum atomic E-state index is 0.552. The van der Waals surface area contributed by atoms with E-state index < -0.39 is 0 Å². The zero-order chi connectivity index (χ0) is 5.11. The first kappa shape index (κ1) is 4.40. The van der Waals surface area contributed by atoms with Gasteiger partial charge >= 0.3 is 0 Å². The Hall–Kier alpha value is -0.760. The van der Waals surface area contributed by atoms with Crippen LogP contribution in [0.3, 0.4) is 0 Å². The molecule has 2 heteroatoms. The molecular formula is C5H6NO. The summed E-state index contributed by atoms with van der Waals surface area (Å²) >= 11 is 0. The van der Waals surface area contributed by atoms with E-state index in [0.717, 1.165) is 5.06 Å². The van der Waals surface area contributed by atoms with Crippen molar-refractivity contribution in [2.24, 2.45) is 0 Å². The number of allylic oxidation sites excluding steroid dienone is 2. The van der Waals surface area contributed by atoms with Crippen molar-refractivity contribution in [1.82, 2.24) is 5.06 Å². The molecular weight excluding hydrogens is 90.1 g/mol. The summed E-state index contributed by atoms with van der Waals surface area (Å²) in [5.41, 5.74) is 0. The summed E-state index contributed by atoms with van der Waals surface area (Å²) < 4.78 is 0. The van der Waals surface area contributed by atoms with Crippen molar-refractivity contribution in [3.8, 4) is 0 Å². The molecule has 1 rings (SSSR count). The summed E-state index contributed by atoms with van der Waals surface area (Å²) in [6, 6.07) is 0. The van der Waals surface area contributed by atoms with E-state index >= 15 is 0 Å². The van der Waals surface area contributed by atoms with E-state index in [9.17, 15) is 0 Å². The molecule has 1 radical (unpaired) electrons. The molecule has 0 aromatic carbocycles. The van der Waals surface area contributed by atoms with Crippen molar-refractivity contribution in [2.75, 3.05) is 6.54 Å². The molecule has 0 spiro atoms. The van der Waals surface area contributed by atoms with Gasteiger partial charge < -0.3 is 0 Å². The Labute approximate surface area is 42.3 Å². The highest BCUT2D eigenvalue weighted by atomic mass is 16.5. The summed E-state index contributed by atoms with van der Waals surface area (Å²) in [5.74, 6) is 0. The quantitative estimate of drug-likeness (QED) is 0.476. The molecule has 0 aliphatic carbocycles. The largest absolute Gasteiger partial charge is 0.289 e. The Morgan fingerprint density at radius 3 is 2.86 bits per heavy atom. The first-order valence-electron chi connectivity index (χ1n) is 2.09. The molecule has 1 heterocycles. The van der Waals surface area contributed by atoms with Gasteiger partial charge in [0, 0.05) is 6.20 Å². The fourth-order valence-corrected chi connectivity index (χ4v) is 0.404. The summed E-state index contributed by atoms with van der Waals surface area (Å²) in [6.07, 6.45) is 7.77. The smallest absolute Gasteiger partial charge is 0.0636 e. The molecule has 0 aromatic heterocycles. The molecule has 0 amide bonds.